The van der Waals surface area contributed by atoms with Crippen molar-refractivity contribution in [3.05, 3.63) is 35.1 Å². The second-order valence-electron chi connectivity index (χ2n) is 4.12. The Morgan fingerprint density at radius 1 is 1.50 bits per heavy atom. The van der Waals surface area contributed by atoms with Gasteiger partial charge in [-0.05, 0) is 25.1 Å². The van der Waals surface area contributed by atoms with Gasteiger partial charge < -0.3 is 15.4 Å². The van der Waals surface area contributed by atoms with Gasteiger partial charge in [0.05, 0.1) is 18.7 Å². The molecule has 0 atom stereocenters. The zero-order valence-electron chi connectivity index (χ0n) is 11.8. The minimum Gasteiger partial charge on any atom is -0.380 e. The van der Waals surface area contributed by atoms with Gasteiger partial charge in [0.1, 0.15) is 5.82 Å². The number of nitrogens with two attached hydrogens (primary N) is 1. The van der Waals surface area contributed by atoms with E-state index in [-0.39, 0.29) is 12.1 Å². The van der Waals surface area contributed by atoms with Gasteiger partial charge in [-0.3, -0.25) is 4.79 Å². The number of likely N-dealkylation sites (N-methyl/N-ethyl adjacent to an activating group) is 1. The molecule has 0 fully saturated rings. The second-order valence-corrected chi connectivity index (χ2v) is 4.12. The molecule has 0 saturated carbocycles. The fraction of sp³-hybridized carbons (Fsp3) is 0.400. The van der Waals surface area contributed by atoms with Crippen molar-refractivity contribution in [3.8, 4) is 11.8 Å². The van der Waals surface area contributed by atoms with Crippen LogP contribution in [0, 0.1) is 17.7 Å². The third-order valence-electron chi connectivity index (χ3n) is 2.65. The van der Waals surface area contributed by atoms with Crippen LogP contribution in [0.25, 0.3) is 0 Å². The van der Waals surface area contributed by atoms with E-state index in [0.29, 0.717) is 25.3 Å². The lowest BCUT2D eigenvalue weighted by Crippen LogP contribution is -2.30. The molecule has 20 heavy (non-hydrogen) atoms. The molecule has 0 aliphatic carbocycles. The molecule has 0 heterocycles. The summed E-state index contributed by atoms with van der Waals surface area (Å²) < 4.78 is 18.9. The first-order valence-corrected chi connectivity index (χ1v) is 6.41. The molecule has 108 valence electrons. The van der Waals surface area contributed by atoms with Gasteiger partial charge in [0.2, 0.25) is 0 Å². The Balaban J connectivity index is 2.85. The normalized spacial score (nSPS) is 9.80. The summed E-state index contributed by atoms with van der Waals surface area (Å²) in [5.41, 5.74) is 5.86. The van der Waals surface area contributed by atoms with Crippen molar-refractivity contribution >= 4 is 5.91 Å². The maximum absolute atomic E-state index is 13.7. The van der Waals surface area contributed by atoms with Gasteiger partial charge in [0, 0.05) is 25.8 Å². The minimum atomic E-state index is -0.559. The standard InChI is InChI=1S/C15H19FN2O2/c1-3-20-10-9-18(2)15(19)13-11-12(5-4-8-17)6-7-14(13)16/h6-7,11H,3,8-10,17H2,1-2H3. The van der Waals surface area contributed by atoms with Gasteiger partial charge in [-0.15, -0.1) is 0 Å². The summed E-state index contributed by atoms with van der Waals surface area (Å²) >= 11 is 0. The van der Waals surface area contributed by atoms with Crippen LogP contribution in [0.15, 0.2) is 18.2 Å². The average Bonchev–Trinajstić information content (AvgIpc) is 2.45. The summed E-state index contributed by atoms with van der Waals surface area (Å²) in [6.45, 7) is 3.51. The molecule has 0 saturated heterocycles. The van der Waals surface area contributed by atoms with Crippen LogP contribution >= 0.6 is 0 Å². The summed E-state index contributed by atoms with van der Waals surface area (Å²) in [5, 5.41) is 0. The molecule has 2 N–H and O–H groups in total. The third-order valence-corrected chi connectivity index (χ3v) is 2.65. The van der Waals surface area contributed by atoms with E-state index < -0.39 is 11.7 Å². The zero-order valence-corrected chi connectivity index (χ0v) is 11.8. The Kier molecular flexibility index (Phi) is 6.71. The topological polar surface area (TPSA) is 55.6 Å². The molecule has 0 radical (unpaired) electrons. The third kappa shape index (κ3) is 4.65. The van der Waals surface area contributed by atoms with Gasteiger partial charge in [-0.25, -0.2) is 4.39 Å². The summed E-state index contributed by atoms with van der Waals surface area (Å²) in [7, 11) is 1.61. The molecule has 0 aromatic heterocycles. The number of benzene rings is 1. The number of ether oxygens (including phenoxy) is 1. The van der Waals surface area contributed by atoms with Crippen LogP contribution in [-0.2, 0) is 4.74 Å². The number of amides is 1. The van der Waals surface area contributed by atoms with Crippen LogP contribution in [-0.4, -0.2) is 44.2 Å². The molecule has 0 bridgehead atoms. The van der Waals surface area contributed by atoms with E-state index in [9.17, 15) is 9.18 Å². The number of carbonyl (C=O) groups is 1. The van der Waals surface area contributed by atoms with E-state index in [1.165, 1.54) is 23.1 Å². The molecule has 4 nitrogen and oxygen atoms in total. The number of hydrogen-bond acceptors (Lipinski definition) is 3. The van der Waals surface area contributed by atoms with E-state index >= 15 is 0 Å². The van der Waals surface area contributed by atoms with Crippen molar-refractivity contribution in [2.75, 3.05) is 33.4 Å². The quantitative estimate of drug-likeness (QED) is 0.651. The van der Waals surface area contributed by atoms with Crippen LogP contribution < -0.4 is 5.73 Å². The fourth-order valence-electron chi connectivity index (χ4n) is 1.57. The molecule has 0 unspecified atom stereocenters. The molecular weight excluding hydrogens is 259 g/mol. The maximum atomic E-state index is 13.7. The van der Waals surface area contributed by atoms with E-state index in [2.05, 4.69) is 11.8 Å². The molecule has 1 amide bonds. The fourth-order valence-corrected chi connectivity index (χ4v) is 1.57. The highest BCUT2D eigenvalue weighted by molar-refractivity contribution is 5.94. The first-order chi connectivity index (χ1) is 9.60. The van der Waals surface area contributed by atoms with Crippen molar-refractivity contribution in [3.63, 3.8) is 0 Å². The Morgan fingerprint density at radius 3 is 2.90 bits per heavy atom. The highest BCUT2D eigenvalue weighted by Gasteiger charge is 2.16. The lowest BCUT2D eigenvalue weighted by Gasteiger charge is -2.17. The molecule has 1 aromatic rings. The lowest BCUT2D eigenvalue weighted by atomic mass is 10.1. The van der Waals surface area contributed by atoms with E-state index in [1.807, 2.05) is 6.92 Å². The predicted octanol–water partition coefficient (Wildman–Crippen LogP) is 1.24. The Hall–Kier alpha value is -1.90. The first-order valence-electron chi connectivity index (χ1n) is 6.41. The molecule has 0 spiro atoms. The largest absolute Gasteiger partial charge is 0.380 e. The van der Waals surface area contributed by atoms with Crippen molar-refractivity contribution in [1.29, 1.82) is 0 Å². The van der Waals surface area contributed by atoms with Crippen molar-refractivity contribution in [2.24, 2.45) is 5.73 Å². The first kappa shape index (κ1) is 16.2. The number of halogens is 1. The summed E-state index contributed by atoms with van der Waals surface area (Å²) in [4.78, 5) is 13.6. The molecule has 1 rings (SSSR count). The highest BCUT2D eigenvalue weighted by atomic mass is 19.1. The Bertz CT molecular complexity index is 520. The van der Waals surface area contributed by atoms with Crippen LogP contribution in [0.2, 0.25) is 0 Å². The van der Waals surface area contributed by atoms with Crippen molar-refractivity contribution in [2.45, 2.75) is 6.92 Å². The molecule has 1 aromatic carbocycles. The molecule has 0 aliphatic heterocycles. The van der Waals surface area contributed by atoms with Gasteiger partial charge in [0.25, 0.3) is 5.91 Å². The van der Waals surface area contributed by atoms with E-state index in [0.717, 1.165) is 0 Å². The summed E-state index contributed by atoms with van der Waals surface area (Å²) in [5.74, 6) is 4.50. The summed E-state index contributed by atoms with van der Waals surface area (Å²) in [6.07, 6.45) is 0. The van der Waals surface area contributed by atoms with Gasteiger partial charge in [-0.1, -0.05) is 11.8 Å². The second kappa shape index (κ2) is 8.31. The lowest BCUT2D eigenvalue weighted by molar-refractivity contribution is 0.0705. The van der Waals surface area contributed by atoms with Crippen LogP contribution in [0.1, 0.15) is 22.8 Å². The predicted molar refractivity (Wildman–Crippen MR) is 75.8 cm³/mol. The SMILES string of the molecule is CCOCCN(C)C(=O)c1cc(C#CCN)ccc1F. The van der Waals surface area contributed by atoms with Gasteiger partial charge in [0.15, 0.2) is 0 Å². The molecular formula is C15H19FN2O2. The Morgan fingerprint density at radius 2 is 2.25 bits per heavy atom. The van der Waals surface area contributed by atoms with Gasteiger partial charge >= 0.3 is 0 Å². The van der Waals surface area contributed by atoms with Crippen LogP contribution in [0.3, 0.4) is 0 Å². The number of rotatable bonds is 5. The highest BCUT2D eigenvalue weighted by Crippen LogP contribution is 2.12. The monoisotopic (exact) mass is 278 g/mol. The van der Waals surface area contributed by atoms with Crippen LogP contribution in [0.4, 0.5) is 4.39 Å². The van der Waals surface area contributed by atoms with Crippen molar-refractivity contribution in [1.82, 2.24) is 4.90 Å². The number of nitrogens with zero attached hydrogens (tertiary/aromatic N) is 1. The smallest absolute Gasteiger partial charge is 0.256 e. The number of hydrogen-bond donors (Lipinski definition) is 1. The molecule has 0 aliphatic rings. The van der Waals surface area contributed by atoms with Crippen LogP contribution in [0.5, 0.6) is 0 Å². The Labute approximate surface area is 118 Å². The van der Waals surface area contributed by atoms with Gasteiger partial charge in [-0.2, -0.15) is 0 Å². The summed E-state index contributed by atoms with van der Waals surface area (Å²) in [6, 6.07) is 4.20. The maximum Gasteiger partial charge on any atom is 0.256 e. The zero-order chi connectivity index (χ0) is 15.0. The molecule has 5 heteroatoms. The van der Waals surface area contributed by atoms with Crippen molar-refractivity contribution < 1.29 is 13.9 Å². The average molecular weight is 278 g/mol. The van der Waals surface area contributed by atoms with E-state index in [4.69, 9.17) is 10.5 Å². The minimum absolute atomic E-state index is 0.00724. The van der Waals surface area contributed by atoms with E-state index in [1.54, 1.807) is 7.05 Å². The number of carbonyl (C=O) groups excluding carboxylic acids is 1.